The average molecular weight is 268 g/mol. The molecular weight excluding hydrogens is 247 g/mol. The molecule has 2 N–H and O–H groups in total. The van der Waals surface area contributed by atoms with Crippen molar-refractivity contribution >= 4 is 5.91 Å². The van der Waals surface area contributed by atoms with E-state index in [0.717, 1.165) is 0 Å². The molecule has 0 aliphatic carbocycles. The number of hydrogen-bond acceptors (Lipinski definition) is 3. The van der Waals surface area contributed by atoms with Gasteiger partial charge in [0.15, 0.2) is 0 Å². The molecule has 0 saturated heterocycles. The predicted octanol–water partition coefficient (Wildman–Crippen LogP) is 1.78. The molecule has 5 heteroatoms. The summed E-state index contributed by atoms with van der Waals surface area (Å²) in [6, 6.07) is 4.28. The van der Waals surface area contributed by atoms with Crippen LogP contribution >= 0.6 is 0 Å². The fourth-order valence-corrected chi connectivity index (χ4v) is 1.90. The van der Waals surface area contributed by atoms with Crippen LogP contribution < -0.4 is 10.5 Å². The van der Waals surface area contributed by atoms with E-state index in [1.165, 1.54) is 19.2 Å². The molecule has 1 amide bonds. The largest absolute Gasteiger partial charge is 0.496 e. The zero-order valence-corrected chi connectivity index (χ0v) is 11.6. The highest BCUT2D eigenvalue weighted by molar-refractivity contribution is 5.78. The average Bonchev–Trinajstić information content (AvgIpc) is 2.36. The van der Waals surface area contributed by atoms with E-state index in [-0.39, 0.29) is 18.3 Å². The molecule has 0 unspecified atom stereocenters. The van der Waals surface area contributed by atoms with Crippen LogP contribution in [0.15, 0.2) is 18.2 Å². The van der Waals surface area contributed by atoms with Gasteiger partial charge in [0.25, 0.3) is 0 Å². The van der Waals surface area contributed by atoms with Gasteiger partial charge in [-0.3, -0.25) is 4.79 Å². The molecule has 0 atom stereocenters. The van der Waals surface area contributed by atoms with Gasteiger partial charge < -0.3 is 15.4 Å². The molecule has 1 aromatic carbocycles. The van der Waals surface area contributed by atoms with E-state index in [1.807, 2.05) is 13.8 Å². The minimum Gasteiger partial charge on any atom is -0.496 e. The quantitative estimate of drug-likeness (QED) is 0.855. The number of halogens is 1. The van der Waals surface area contributed by atoms with E-state index >= 15 is 0 Å². The summed E-state index contributed by atoms with van der Waals surface area (Å²) in [5.41, 5.74) is 6.05. The third-order valence-electron chi connectivity index (χ3n) is 2.72. The summed E-state index contributed by atoms with van der Waals surface area (Å²) in [5, 5.41) is 0. The maximum Gasteiger partial charge on any atom is 0.236 e. The third kappa shape index (κ3) is 4.52. The SMILES string of the molecule is COc1ccc(F)cc1CN(CC(C)C)C(=O)CN. The summed E-state index contributed by atoms with van der Waals surface area (Å²) in [6.07, 6.45) is 0. The van der Waals surface area contributed by atoms with Gasteiger partial charge in [-0.15, -0.1) is 0 Å². The van der Waals surface area contributed by atoms with Gasteiger partial charge >= 0.3 is 0 Å². The van der Waals surface area contributed by atoms with E-state index in [1.54, 1.807) is 11.0 Å². The van der Waals surface area contributed by atoms with Crippen LogP contribution in [0.1, 0.15) is 19.4 Å². The van der Waals surface area contributed by atoms with Gasteiger partial charge in [0.1, 0.15) is 11.6 Å². The summed E-state index contributed by atoms with van der Waals surface area (Å²) in [7, 11) is 1.52. The molecule has 1 aromatic rings. The van der Waals surface area contributed by atoms with Crippen molar-refractivity contribution in [1.29, 1.82) is 0 Å². The van der Waals surface area contributed by atoms with Crippen molar-refractivity contribution in [3.05, 3.63) is 29.6 Å². The van der Waals surface area contributed by atoms with Crippen LogP contribution in [0.4, 0.5) is 4.39 Å². The summed E-state index contributed by atoms with van der Waals surface area (Å²) >= 11 is 0. The first-order valence-corrected chi connectivity index (χ1v) is 6.28. The van der Waals surface area contributed by atoms with Gasteiger partial charge in [-0.25, -0.2) is 4.39 Å². The first-order chi connectivity index (χ1) is 8.97. The van der Waals surface area contributed by atoms with Gasteiger partial charge in [-0.05, 0) is 24.1 Å². The van der Waals surface area contributed by atoms with Crippen molar-refractivity contribution in [2.75, 3.05) is 20.2 Å². The van der Waals surface area contributed by atoms with E-state index in [2.05, 4.69) is 0 Å². The van der Waals surface area contributed by atoms with Gasteiger partial charge in [-0.1, -0.05) is 13.8 Å². The molecule has 0 aromatic heterocycles. The highest BCUT2D eigenvalue weighted by Gasteiger charge is 2.16. The lowest BCUT2D eigenvalue weighted by Crippen LogP contribution is -2.38. The second-order valence-electron chi connectivity index (χ2n) is 4.83. The Labute approximate surface area is 113 Å². The Bertz CT molecular complexity index is 435. The molecule has 0 radical (unpaired) electrons. The summed E-state index contributed by atoms with van der Waals surface area (Å²) in [4.78, 5) is 13.4. The molecule has 0 fully saturated rings. The van der Waals surface area contributed by atoms with Crippen LogP contribution in [0.3, 0.4) is 0 Å². The highest BCUT2D eigenvalue weighted by atomic mass is 19.1. The molecule has 0 saturated carbocycles. The lowest BCUT2D eigenvalue weighted by Gasteiger charge is -2.25. The molecule has 0 aliphatic heterocycles. The number of methoxy groups -OCH3 is 1. The molecule has 4 nitrogen and oxygen atoms in total. The van der Waals surface area contributed by atoms with Crippen LogP contribution in [0.5, 0.6) is 5.75 Å². The van der Waals surface area contributed by atoms with E-state index in [4.69, 9.17) is 10.5 Å². The topological polar surface area (TPSA) is 55.6 Å². The number of carbonyl (C=O) groups excluding carboxylic acids is 1. The Hall–Kier alpha value is -1.62. The van der Waals surface area contributed by atoms with E-state index in [9.17, 15) is 9.18 Å². The minimum absolute atomic E-state index is 0.0512. The van der Waals surface area contributed by atoms with Crippen LogP contribution in [-0.2, 0) is 11.3 Å². The number of benzene rings is 1. The lowest BCUT2D eigenvalue weighted by atomic mass is 10.1. The third-order valence-corrected chi connectivity index (χ3v) is 2.72. The Kier molecular flexibility index (Phi) is 5.76. The zero-order valence-electron chi connectivity index (χ0n) is 11.6. The lowest BCUT2D eigenvalue weighted by molar-refractivity contribution is -0.130. The van der Waals surface area contributed by atoms with Gasteiger partial charge in [0, 0.05) is 18.7 Å². The number of carbonyl (C=O) groups is 1. The van der Waals surface area contributed by atoms with Crippen LogP contribution in [0.25, 0.3) is 0 Å². The highest BCUT2D eigenvalue weighted by Crippen LogP contribution is 2.21. The number of hydrogen-bond donors (Lipinski definition) is 1. The Morgan fingerprint density at radius 1 is 1.47 bits per heavy atom. The van der Waals surface area contributed by atoms with Crippen molar-refractivity contribution in [2.24, 2.45) is 11.7 Å². The van der Waals surface area contributed by atoms with Gasteiger partial charge in [0.2, 0.25) is 5.91 Å². The van der Waals surface area contributed by atoms with Crippen molar-refractivity contribution in [1.82, 2.24) is 4.90 Å². The second-order valence-corrected chi connectivity index (χ2v) is 4.83. The van der Waals surface area contributed by atoms with Crippen LogP contribution in [0, 0.1) is 11.7 Å². The molecule has 19 heavy (non-hydrogen) atoms. The molecular formula is C14H21FN2O2. The fraction of sp³-hybridized carbons (Fsp3) is 0.500. The molecule has 0 bridgehead atoms. The number of rotatable bonds is 6. The summed E-state index contributed by atoms with van der Waals surface area (Å²) < 4.78 is 18.5. The fourth-order valence-electron chi connectivity index (χ4n) is 1.90. The number of ether oxygens (including phenoxy) is 1. The zero-order chi connectivity index (χ0) is 14.4. The Morgan fingerprint density at radius 3 is 2.68 bits per heavy atom. The monoisotopic (exact) mass is 268 g/mol. The van der Waals surface area contributed by atoms with Crippen molar-refractivity contribution < 1.29 is 13.9 Å². The van der Waals surface area contributed by atoms with Crippen molar-refractivity contribution in [3.8, 4) is 5.75 Å². The second kappa shape index (κ2) is 7.09. The van der Waals surface area contributed by atoms with E-state index < -0.39 is 0 Å². The number of nitrogens with zero attached hydrogens (tertiary/aromatic N) is 1. The smallest absolute Gasteiger partial charge is 0.236 e. The first kappa shape index (κ1) is 15.4. The summed E-state index contributed by atoms with van der Waals surface area (Å²) in [6.45, 7) is 4.86. The van der Waals surface area contributed by atoms with Crippen LogP contribution in [0.2, 0.25) is 0 Å². The molecule has 106 valence electrons. The van der Waals surface area contributed by atoms with E-state index in [0.29, 0.717) is 30.3 Å². The first-order valence-electron chi connectivity index (χ1n) is 6.28. The standard InChI is InChI=1S/C14H21FN2O2/c1-10(2)8-17(14(18)7-16)9-11-6-12(15)4-5-13(11)19-3/h4-6,10H,7-9,16H2,1-3H3. The maximum absolute atomic E-state index is 13.3. The normalized spacial score (nSPS) is 10.6. The van der Waals surface area contributed by atoms with Crippen molar-refractivity contribution in [2.45, 2.75) is 20.4 Å². The number of amides is 1. The molecule has 0 spiro atoms. The van der Waals surface area contributed by atoms with Gasteiger partial charge in [-0.2, -0.15) is 0 Å². The Morgan fingerprint density at radius 2 is 2.16 bits per heavy atom. The maximum atomic E-state index is 13.3. The molecule has 0 aliphatic rings. The number of nitrogens with two attached hydrogens (primary N) is 1. The minimum atomic E-state index is -0.347. The van der Waals surface area contributed by atoms with Gasteiger partial charge in [0.05, 0.1) is 13.7 Å². The van der Waals surface area contributed by atoms with Crippen molar-refractivity contribution in [3.63, 3.8) is 0 Å². The summed E-state index contributed by atoms with van der Waals surface area (Å²) in [5.74, 6) is 0.385. The predicted molar refractivity (Wildman–Crippen MR) is 72.3 cm³/mol. The Balaban J connectivity index is 2.94. The molecule has 1 rings (SSSR count). The van der Waals surface area contributed by atoms with Crippen LogP contribution in [-0.4, -0.2) is 31.0 Å². The molecule has 0 heterocycles.